The molecule has 134 valence electrons. The van der Waals surface area contributed by atoms with Crippen LogP contribution in [0.15, 0.2) is 18.2 Å². The Bertz CT molecular complexity index is 613. The fraction of sp³-hybridized carbons (Fsp3) is 0.562. The van der Waals surface area contributed by atoms with Crippen LogP contribution in [0.4, 0.5) is 22.4 Å². The molecular formula is C16H20F4N2O2. The smallest absolute Gasteiger partial charge is 0.392 e. The number of benzene rings is 1. The summed E-state index contributed by atoms with van der Waals surface area (Å²) < 4.78 is 52.1. The van der Waals surface area contributed by atoms with Gasteiger partial charge in [-0.3, -0.25) is 0 Å². The average Bonchev–Trinajstić information content (AvgIpc) is 3.23. The van der Waals surface area contributed by atoms with Crippen LogP contribution in [0.2, 0.25) is 0 Å². The van der Waals surface area contributed by atoms with Gasteiger partial charge in [0.05, 0.1) is 11.7 Å². The third kappa shape index (κ3) is 4.37. The molecule has 1 fully saturated rings. The molecule has 1 aliphatic carbocycles. The Balaban J connectivity index is 2.09. The summed E-state index contributed by atoms with van der Waals surface area (Å²) in [5.41, 5.74) is -1.45. The van der Waals surface area contributed by atoms with Crippen LogP contribution in [0.5, 0.6) is 0 Å². The van der Waals surface area contributed by atoms with E-state index in [9.17, 15) is 27.5 Å². The third-order valence-electron chi connectivity index (χ3n) is 4.15. The van der Waals surface area contributed by atoms with Gasteiger partial charge in [0.1, 0.15) is 5.82 Å². The van der Waals surface area contributed by atoms with Crippen LogP contribution in [-0.2, 0) is 11.6 Å². The van der Waals surface area contributed by atoms with Gasteiger partial charge in [-0.2, -0.15) is 13.2 Å². The number of carbonyl (C=O) groups excluding carboxylic acids is 1. The number of nitrogens with zero attached hydrogens (tertiary/aromatic N) is 1. The molecule has 0 unspecified atom stereocenters. The minimum absolute atomic E-state index is 0.122. The topological polar surface area (TPSA) is 52.6 Å². The first kappa shape index (κ1) is 18.5. The van der Waals surface area contributed by atoms with Crippen molar-refractivity contribution in [1.29, 1.82) is 0 Å². The lowest BCUT2D eigenvalue weighted by molar-refractivity contribution is -0.137. The van der Waals surface area contributed by atoms with E-state index in [0.717, 1.165) is 12.1 Å². The number of nitrogens with one attached hydrogen (secondary N) is 1. The fourth-order valence-electron chi connectivity index (χ4n) is 2.64. The van der Waals surface area contributed by atoms with Gasteiger partial charge in [-0.05, 0) is 43.5 Å². The Morgan fingerprint density at radius 2 is 2.00 bits per heavy atom. The van der Waals surface area contributed by atoms with Crippen LogP contribution >= 0.6 is 0 Å². The molecule has 0 saturated heterocycles. The van der Waals surface area contributed by atoms with Crippen molar-refractivity contribution in [3.63, 3.8) is 0 Å². The zero-order chi connectivity index (χ0) is 18.1. The SMILES string of the molecule is C[C@@H](O)CN(C)C(=O)NCC1(c2cc(F)cc(C(F)(F)F)c2)CC1. The molecule has 2 N–H and O–H groups in total. The van der Waals surface area contributed by atoms with Crippen molar-refractivity contribution in [2.45, 2.75) is 37.5 Å². The van der Waals surface area contributed by atoms with E-state index in [-0.39, 0.29) is 18.7 Å². The molecule has 0 bridgehead atoms. The van der Waals surface area contributed by atoms with E-state index in [1.54, 1.807) is 0 Å². The molecule has 1 atom stereocenters. The number of alkyl halides is 3. The van der Waals surface area contributed by atoms with Crippen LogP contribution in [0, 0.1) is 5.82 Å². The van der Waals surface area contributed by atoms with E-state index in [2.05, 4.69) is 5.32 Å². The second kappa shape index (κ2) is 6.58. The van der Waals surface area contributed by atoms with Gasteiger partial charge in [-0.1, -0.05) is 0 Å². The average molecular weight is 348 g/mol. The molecule has 24 heavy (non-hydrogen) atoms. The first-order valence-corrected chi connectivity index (χ1v) is 7.59. The fourth-order valence-corrected chi connectivity index (χ4v) is 2.64. The number of amides is 2. The Labute approximate surface area is 137 Å². The van der Waals surface area contributed by atoms with Gasteiger partial charge >= 0.3 is 12.2 Å². The number of hydrogen-bond acceptors (Lipinski definition) is 2. The van der Waals surface area contributed by atoms with Gasteiger partial charge in [0.2, 0.25) is 0 Å². The summed E-state index contributed by atoms with van der Waals surface area (Å²) >= 11 is 0. The van der Waals surface area contributed by atoms with E-state index in [1.807, 2.05) is 0 Å². The molecule has 0 spiro atoms. The molecule has 1 saturated carbocycles. The molecule has 0 radical (unpaired) electrons. The highest BCUT2D eigenvalue weighted by Crippen LogP contribution is 2.48. The van der Waals surface area contributed by atoms with Crippen molar-refractivity contribution in [2.75, 3.05) is 20.1 Å². The second-order valence-electron chi connectivity index (χ2n) is 6.39. The van der Waals surface area contributed by atoms with Gasteiger partial charge in [0, 0.05) is 25.6 Å². The number of halogens is 4. The maximum Gasteiger partial charge on any atom is 0.416 e. The largest absolute Gasteiger partial charge is 0.416 e. The molecule has 0 aliphatic heterocycles. The van der Waals surface area contributed by atoms with E-state index < -0.39 is 35.1 Å². The van der Waals surface area contributed by atoms with E-state index in [4.69, 9.17) is 0 Å². The van der Waals surface area contributed by atoms with Crippen molar-refractivity contribution in [2.24, 2.45) is 0 Å². The molecule has 0 heterocycles. The predicted molar refractivity (Wildman–Crippen MR) is 80.0 cm³/mol. The zero-order valence-electron chi connectivity index (χ0n) is 13.5. The molecule has 0 aromatic heterocycles. The lowest BCUT2D eigenvalue weighted by Crippen LogP contribution is -2.43. The van der Waals surface area contributed by atoms with Crippen molar-refractivity contribution in [3.8, 4) is 0 Å². The summed E-state index contributed by atoms with van der Waals surface area (Å²) in [4.78, 5) is 13.2. The second-order valence-corrected chi connectivity index (χ2v) is 6.39. The van der Waals surface area contributed by atoms with Gasteiger partial charge < -0.3 is 15.3 Å². The van der Waals surface area contributed by atoms with Crippen molar-refractivity contribution in [3.05, 3.63) is 35.1 Å². The van der Waals surface area contributed by atoms with Crippen LogP contribution in [-0.4, -0.2) is 42.3 Å². The van der Waals surface area contributed by atoms with E-state index >= 15 is 0 Å². The summed E-state index contributed by atoms with van der Waals surface area (Å²) in [6, 6.07) is 2.07. The summed E-state index contributed by atoms with van der Waals surface area (Å²) in [5.74, 6) is -0.941. The predicted octanol–water partition coefficient (Wildman–Crippen LogP) is 2.90. The first-order chi connectivity index (χ1) is 11.0. The van der Waals surface area contributed by atoms with Crippen LogP contribution in [0.1, 0.15) is 30.9 Å². The molecular weight excluding hydrogens is 328 g/mol. The van der Waals surface area contributed by atoms with Crippen LogP contribution in [0.3, 0.4) is 0 Å². The number of hydrogen-bond donors (Lipinski definition) is 2. The monoisotopic (exact) mass is 348 g/mol. The number of aliphatic hydroxyl groups excluding tert-OH is 1. The van der Waals surface area contributed by atoms with Crippen molar-refractivity contribution < 1.29 is 27.5 Å². The maximum absolute atomic E-state index is 13.6. The van der Waals surface area contributed by atoms with E-state index in [0.29, 0.717) is 18.9 Å². The van der Waals surface area contributed by atoms with E-state index in [1.165, 1.54) is 18.9 Å². The standard InChI is InChI=1S/C16H20F4N2O2/c1-10(23)8-22(2)14(24)21-9-15(3-4-15)11-5-12(16(18,19)20)7-13(17)6-11/h5-7,10,23H,3-4,8-9H2,1-2H3,(H,21,24)/t10-/m1/s1. The molecule has 1 aliphatic rings. The molecule has 1 aromatic carbocycles. The molecule has 8 heteroatoms. The highest BCUT2D eigenvalue weighted by atomic mass is 19.4. The third-order valence-corrected chi connectivity index (χ3v) is 4.15. The van der Waals surface area contributed by atoms with Gasteiger partial charge in [-0.25, -0.2) is 9.18 Å². The van der Waals surface area contributed by atoms with Gasteiger partial charge in [-0.15, -0.1) is 0 Å². The number of carbonyl (C=O) groups is 1. The molecule has 2 rings (SSSR count). The lowest BCUT2D eigenvalue weighted by atomic mass is 9.94. The number of rotatable bonds is 5. The Morgan fingerprint density at radius 3 is 2.50 bits per heavy atom. The Hall–Kier alpha value is -1.83. The summed E-state index contributed by atoms with van der Waals surface area (Å²) in [6.45, 7) is 1.80. The van der Waals surface area contributed by atoms with Crippen molar-refractivity contribution in [1.82, 2.24) is 10.2 Å². The van der Waals surface area contributed by atoms with Gasteiger partial charge in [0.25, 0.3) is 0 Å². The molecule has 2 amide bonds. The maximum atomic E-state index is 13.6. The first-order valence-electron chi connectivity index (χ1n) is 7.59. The Kier molecular flexibility index (Phi) is 5.08. The number of aliphatic hydroxyl groups is 1. The summed E-state index contributed by atoms with van der Waals surface area (Å²) in [6.07, 6.45) is -4.15. The molecule has 1 aromatic rings. The van der Waals surface area contributed by atoms with Crippen LogP contribution < -0.4 is 5.32 Å². The summed E-state index contributed by atoms with van der Waals surface area (Å²) in [7, 11) is 1.51. The minimum atomic E-state index is -4.62. The minimum Gasteiger partial charge on any atom is -0.392 e. The van der Waals surface area contributed by atoms with Crippen molar-refractivity contribution >= 4 is 6.03 Å². The van der Waals surface area contributed by atoms with Gasteiger partial charge in [0.15, 0.2) is 0 Å². The quantitative estimate of drug-likeness (QED) is 0.804. The normalized spacial score (nSPS) is 17.3. The van der Waals surface area contributed by atoms with Crippen LogP contribution in [0.25, 0.3) is 0 Å². The number of urea groups is 1. The highest BCUT2D eigenvalue weighted by Gasteiger charge is 2.46. The lowest BCUT2D eigenvalue weighted by Gasteiger charge is -2.23. The molecule has 4 nitrogen and oxygen atoms in total. The summed E-state index contributed by atoms with van der Waals surface area (Å²) in [5, 5.41) is 11.9. The zero-order valence-corrected chi connectivity index (χ0v) is 13.5. The highest BCUT2D eigenvalue weighted by molar-refractivity contribution is 5.74. The number of likely N-dealkylation sites (N-methyl/N-ethyl adjacent to an activating group) is 1. The Morgan fingerprint density at radius 1 is 1.38 bits per heavy atom.